The third-order valence-corrected chi connectivity index (χ3v) is 5.88. The van der Waals surface area contributed by atoms with Gasteiger partial charge >= 0.3 is 0 Å². The van der Waals surface area contributed by atoms with Crippen LogP contribution in [-0.2, 0) is 11.3 Å². The van der Waals surface area contributed by atoms with Gasteiger partial charge in [-0.15, -0.1) is 0 Å². The van der Waals surface area contributed by atoms with Gasteiger partial charge in [0, 0.05) is 38.1 Å². The Bertz CT molecular complexity index is 747. The third kappa shape index (κ3) is 4.29. The zero-order chi connectivity index (χ0) is 18.6. The number of amides is 1. The van der Waals surface area contributed by atoms with Crippen molar-refractivity contribution in [3.8, 4) is 0 Å². The summed E-state index contributed by atoms with van der Waals surface area (Å²) in [4.78, 5) is 26.5. The fraction of sp³-hybridized carbons (Fsp3) is 0.500. The molecule has 0 bridgehead atoms. The summed E-state index contributed by atoms with van der Waals surface area (Å²) in [6, 6.07) is 12.5. The summed E-state index contributed by atoms with van der Waals surface area (Å²) in [6.07, 6.45) is 7.98. The third-order valence-electron chi connectivity index (χ3n) is 5.88. The van der Waals surface area contributed by atoms with Crippen LogP contribution < -0.4 is 4.90 Å². The van der Waals surface area contributed by atoms with Crippen molar-refractivity contribution in [1.29, 1.82) is 0 Å². The molecular weight excluding hydrogens is 336 g/mol. The number of aromatic nitrogens is 2. The average molecular weight is 364 g/mol. The van der Waals surface area contributed by atoms with E-state index in [0.717, 1.165) is 25.3 Å². The van der Waals surface area contributed by atoms with E-state index in [1.165, 1.54) is 18.4 Å². The molecule has 142 valence electrons. The first-order chi connectivity index (χ1) is 13.2. The second-order valence-electron chi connectivity index (χ2n) is 7.86. The largest absolute Gasteiger partial charge is 0.340 e. The predicted molar refractivity (Wildman–Crippen MR) is 106 cm³/mol. The van der Waals surface area contributed by atoms with Crippen LogP contribution in [0, 0.1) is 11.8 Å². The lowest BCUT2D eigenvalue weighted by Crippen LogP contribution is -2.48. The van der Waals surface area contributed by atoms with E-state index in [2.05, 4.69) is 51.0 Å². The number of nitrogens with zero attached hydrogens (tertiary/aromatic N) is 4. The normalized spacial score (nSPS) is 20.9. The van der Waals surface area contributed by atoms with E-state index in [4.69, 9.17) is 0 Å². The van der Waals surface area contributed by atoms with Gasteiger partial charge in [-0.2, -0.15) is 0 Å². The van der Waals surface area contributed by atoms with Gasteiger partial charge in [0.1, 0.15) is 0 Å². The highest BCUT2D eigenvalue weighted by molar-refractivity contribution is 5.80. The number of hydrogen-bond acceptors (Lipinski definition) is 4. The lowest BCUT2D eigenvalue weighted by molar-refractivity contribution is -0.139. The molecule has 2 aromatic rings. The van der Waals surface area contributed by atoms with Gasteiger partial charge in [0.2, 0.25) is 11.9 Å². The number of benzene rings is 1. The first kappa shape index (κ1) is 18.0. The Morgan fingerprint density at radius 2 is 1.89 bits per heavy atom. The number of anilines is 1. The molecule has 1 aromatic carbocycles. The highest BCUT2D eigenvalue weighted by Crippen LogP contribution is 2.36. The van der Waals surface area contributed by atoms with Crippen molar-refractivity contribution in [3.05, 3.63) is 54.4 Å². The van der Waals surface area contributed by atoms with Crippen LogP contribution in [-0.4, -0.2) is 39.9 Å². The zero-order valence-corrected chi connectivity index (χ0v) is 16.0. The number of rotatable bonds is 6. The Morgan fingerprint density at radius 1 is 1.15 bits per heavy atom. The van der Waals surface area contributed by atoms with Crippen molar-refractivity contribution in [2.75, 3.05) is 18.0 Å². The van der Waals surface area contributed by atoms with Crippen LogP contribution in [0.15, 0.2) is 48.8 Å². The van der Waals surface area contributed by atoms with E-state index in [1.54, 1.807) is 12.4 Å². The molecular formula is C22H28N4O. The lowest BCUT2D eigenvalue weighted by Gasteiger charge is -2.37. The van der Waals surface area contributed by atoms with E-state index in [-0.39, 0.29) is 5.92 Å². The van der Waals surface area contributed by atoms with Crippen LogP contribution in [0.25, 0.3) is 0 Å². The summed E-state index contributed by atoms with van der Waals surface area (Å²) >= 11 is 0. The van der Waals surface area contributed by atoms with Crippen molar-refractivity contribution in [2.45, 2.75) is 45.2 Å². The molecule has 1 saturated carbocycles. The number of piperidine rings is 1. The van der Waals surface area contributed by atoms with Gasteiger partial charge in [0.05, 0.1) is 5.92 Å². The Kier molecular flexibility index (Phi) is 5.37. The van der Waals surface area contributed by atoms with E-state index >= 15 is 0 Å². The van der Waals surface area contributed by atoms with E-state index < -0.39 is 0 Å². The van der Waals surface area contributed by atoms with Gasteiger partial charge in [-0.25, -0.2) is 9.97 Å². The summed E-state index contributed by atoms with van der Waals surface area (Å²) in [5, 5.41) is 0. The first-order valence-corrected chi connectivity index (χ1v) is 10.1. The molecule has 1 aliphatic heterocycles. The van der Waals surface area contributed by atoms with Crippen LogP contribution >= 0.6 is 0 Å². The van der Waals surface area contributed by atoms with Gasteiger partial charge in [-0.3, -0.25) is 4.79 Å². The Labute approximate surface area is 161 Å². The molecule has 27 heavy (non-hydrogen) atoms. The molecule has 2 fully saturated rings. The molecule has 5 nitrogen and oxygen atoms in total. The Balaban J connectivity index is 1.50. The van der Waals surface area contributed by atoms with E-state index in [1.807, 2.05) is 12.1 Å². The van der Waals surface area contributed by atoms with Crippen LogP contribution in [0.2, 0.25) is 0 Å². The highest BCUT2D eigenvalue weighted by atomic mass is 16.2. The maximum atomic E-state index is 13.5. The zero-order valence-electron chi connectivity index (χ0n) is 16.0. The topological polar surface area (TPSA) is 49.3 Å². The molecule has 2 heterocycles. The molecule has 0 radical (unpaired) electrons. The smallest absolute Gasteiger partial charge is 0.228 e. The molecule has 2 unspecified atom stereocenters. The predicted octanol–water partition coefficient (Wildman–Crippen LogP) is 3.52. The number of carbonyl (C=O) groups is 1. The molecule has 1 aromatic heterocycles. The quantitative estimate of drug-likeness (QED) is 0.787. The molecule has 5 heteroatoms. The van der Waals surface area contributed by atoms with Crippen LogP contribution in [0.4, 0.5) is 5.95 Å². The standard InChI is InChI=1S/C22H28N4O/c1-17(19-10-11-19)26(15-18-7-3-2-4-8-18)21(27)20-9-5-14-25(16-20)22-23-12-6-13-24-22/h2-4,6-8,12-13,17,19-20H,5,9-11,14-16H2,1H3. The minimum absolute atomic E-state index is 0.0208. The molecule has 1 amide bonds. The molecule has 0 N–H and O–H groups in total. The summed E-state index contributed by atoms with van der Waals surface area (Å²) in [5.41, 5.74) is 1.21. The number of carbonyl (C=O) groups excluding carboxylic acids is 1. The summed E-state index contributed by atoms with van der Waals surface area (Å²) in [5.74, 6) is 1.71. The molecule has 1 saturated heterocycles. The van der Waals surface area contributed by atoms with Gasteiger partial charge in [0.25, 0.3) is 0 Å². The Hall–Kier alpha value is -2.43. The second-order valence-corrected chi connectivity index (χ2v) is 7.86. The van der Waals surface area contributed by atoms with Crippen molar-refractivity contribution >= 4 is 11.9 Å². The van der Waals surface area contributed by atoms with Crippen LogP contribution in [0.1, 0.15) is 38.2 Å². The van der Waals surface area contributed by atoms with E-state index in [9.17, 15) is 4.79 Å². The molecule has 0 spiro atoms. The fourth-order valence-electron chi connectivity index (χ4n) is 4.09. The minimum atomic E-state index is 0.0208. The van der Waals surface area contributed by atoms with Crippen molar-refractivity contribution < 1.29 is 4.79 Å². The molecule has 2 atom stereocenters. The van der Waals surface area contributed by atoms with Gasteiger partial charge in [-0.1, -0.05) is 30.3 Å². The second kappa shape index (κ2) is 8.07. The average Bonchev–Trinajstić information content (AvgIpc) is 3.58. The molecule has 2 aliphatic rings. The van der Waals surface area contributed by atoms with Crippen molar-refractivity contribution in [1.82, 2.24) is 14.9 Å². The number of hydrogen-bond donors (Lipinski definition) is 0. The van der Waals surface area contributed by atoms with Crippen molar-refractivity contribution in [3.63, 3.8) is 0 Å². The maximum absolute atomic E-state index is 13.5. The Morgan fingerprint density at radius 3 is 2.59 bits per heavy atom. The van der Waals surface area contributed by atoms with E-state index in [0.29, 0.717) is 31.0 Å². The monoisotopic (exact) mass is 364 g/mol. The fourth-order valence-corrected chi connectivity index (χ4v) is 4.09. The maximum Gasteiger partial charge on any atom is 0.228 e. The van der Waals surface area contributed by atoms with Crippen molar-refractivity contribution in [2.24, 2.45) is 11.8 Å². The lowest BCUT2D eigenvalue weighted by atomic mass is 9.95. The first-order valence-electron chi connectivity index (χ1n) is 10.1. The summed E-state index contributed by atoms with van der Waals surface area (Å²) in [6.45, 7) is 4.56. The summed E-state index contributed by atoms with van der Waals surface area (Å²) < 4.78 is 0. The SMILES string of the molecule is CC(C1CC1)N(Cc1ccccc1)C(=O)C1CCCN(c2ncccn2)C1. The van der Waals surface area contributed by atoms with Crippen LogP contribution in [0.3, 0.4) is 0 Å². The van der Waals surface area contributed by atoms with Gasteiger partial charge in [0.15, 0.2) is 0 Å². The van der Waals surface area contributed by atoms with Gasteiger partial charge in [-0.05, 0) is 50.2 Å². The molecule has 1 aliphatic carbocycles. The van der Waals surface area contributed by atoms with Gasteiger partial charge < -0.3 is 9.80 Å². The minimum Gasteiger partial charge on any atom is -0.340 e. The van der Waals surface area contributed by atoms with Crippen LogP contribution in [0.5, 0.6) is 0 Å². The highest BCUT2D eigenvalue weighted by Gasteiger charge is 2.38. The molecule has 4 rings (SSSR count). The summed E-state index contributed by atoms with van der Waals surface area (Å²) in [7, 11) is 0.